The zero-order valence-corrected chi connectivity index (χ0v) is 22.1. The first-order chi connectivity index (χ1) is 17.9. The molecule has 3 aliphatic rings. The lowest BCUT2D eigenvalue weighted by Crippen LogP contribution is -2.68. The summed E-state index contributed by atoms with van der Waals surface area (Å²) in [6, 6.07) is 16.4. The van der Waals surface area contributed by atoms with Crippen molar-refractivity contribution in [2.75, 3.05) is 26.2 Å². The highest BCUT2D eigenvalue weighted by Gasteiger charge is 2.46. The fourth-order valence-electron chi connectivity index (χ4n) is 5.85. The second-order valence-electron chi connectivity index (χ2n) is 10.9. The molecule has 3 aliphatic heterocycles. The summed E-state index contributed by atoms with van der Waals surface area (Å²) in [6.45, 7) is 10.8. The van der Waals surface area contributed by atoms with Crippen LogP contribution in [0.5, 0.6) is 5.75 Å². The monoisotopic (exact) mass is 502 g/mol. The summed E-state index contributed by atoms with van der Waals surface area (Å²) in [5.41, 5.74) is 2.69. The highest BCUT2D eigenvalue weighted by Crippen LogP contribution is 2.38. The van der Waals surface area contributed by atoms with Gasteiger partial charge < -0.3 is 20.3 Å². The van der Waals surface area contributed by atoms with Crippen LogP contribution in [-0.4, -0.2) is 57.7 Å². The quantitative estimate of drug-likeness (QED) is 0.452. The van der Waals surface area contributed by atoms with Crippen LogP contribution in [0, 0.1) is 5.92 Å². The van der Waals surface area contributed by atoms with Crippen molar-refractivity contribution in [1.29, 1.82) is 0 Å². The number of fused-ring (bicyclic) bond motifs is 3. The Kier molecular flexibility index (Phi) is 7.20. The zero-order valence-electron chi connectivity index (χ0n) is 22.1. The number of hydrogen-bond acceptors (Lipinski definition) is 5. The molecule has 0 saturated carbocycles. The van der Waals surface area contributed by atoms with Gasteiger partial charge in [-0.2, -0.15) is 0 Å². The summed E-state index contributed by atoms with van der Waals surface area (Å²) >= 11 is 0. The molecule has 6 rings (SSSR count). The maximum atomic E-state index is 13.1. The first-order valence-corrected chi connectivity index (χ1v) is 13.4. The number of aromatic nitrogens is 3. The summed E-state index contributed by atoms with van der Waals surface area (Å²) in [5.74, 6) is 1.39. The molecule has 1 atom stereocenters. The van der Waals surface area contributed by atoms with Gasteiger partial charge in [0.2, 0.25) is 0 Å². The van der Waals surface area contributed by atoms with Gasteiger partial charge in [0.25, 0.3) is 0 Å². The van der Waals surface area contributed by atoms with E-state index in [1.54, 1.807) is 10.9 Å². The molecular formula is C29H38N6O2. The molecule has 1 aromatic heterocycles. The van der Waals surface area contributed by atoms with Crippen molar-refractivity contribution in [3.8, 4) is 16.9 Å². The van der Waals surface area contributed by atoms with Crippen molar-refractivity contribution in [2.45, 2.75) is 57.7 Å². The van der Waals surface area contributed by atoms with Crippen LogP contribution in [0.1, 0.15) is 45.6 Å². The van der Waals surface area contributed by atoms with Crippen LogP contribution >= 0.6 is 0 Å². The topological polar surface area (TPSA) is 84.3 Å². The summed E-state index contributed by atoms with van der Waals surface area (Å²) in [4.78, 5) is 15.6. The Hall–Kier alpha value is -3.39. The summed E-state index contributed by atoms with van der Waals surface area (Å²) in [5, 5.41) is 14.4. The number of benzene rings is 2. The van der Waals surface area contributed by atoms with Gasteiger partial charge in [0, 0.05) is 12.7 Å². The first kappa shape index (κ1) is 25.3. The van der Waals surface area contributed by atoms with Gasteiger partial charge in [0.05, 0.1) is 23.8 Å². The fraction of sp³-hybridized carbons (Fsp3) is 0.483. The molecule has 8 nitrogen and oxygen atoms in total. The van der Waals surface area contributed by atoms with Gasteiger partial charge in [-0.1, -0.05) is 48.5 Å². The SMILES string of the molecule is CCC1(NC(=O)NC(C)(C)c2ccc(-c3ccc(OCCn4ccnn4)cc3)cc2)CN2CCC1CC2. The van der Waals surface area contributed by atoms with Crippen LogP contribution < -0.4 is 15.4 Å². The van der Waals surface area contributed by atoms with E-state index in [2.05, 4.69) is 83.0 Å². The Morgan fingerprint density at radius 3 is 2.32 bits per heavy atom. The molecular weight excluding hydrogens is 464 g/mol. The number of ether oxygens (including phenoxy) is 1. The van der Waals surface area contributed by atoms with E-state index in [9.17, 15) is 4.79 Å². The minimum atomic E-state index is -0.493. The number of piperidine rings is 3. The molecule has 1 unspecified atom stereocenters. The van der Waals surface area contributed by atoms with Gasteiger partial charge in [-0.25, -0.2) is 9.48 Å². The molecule has 2 aromatic carbocycles. The zero-order chi connectivity index (χ0) is 25.9. The molecule has 3 saturated heterocycles. The van der Waals surface area contributed by atoms with E-state index < -0.39 is 5.54 Å². The molecule has 2 amide bonds. The predicted octanol–water partition coefficient (Wildman–Crippen LogP) is 4.43. The standard InChI is InChI=1S/C29H38N6O2/c1-4-29(21-34-16-13-25(29)14-17-34)32-27(36)31-28(2,3)24-9-5-22(6-10-24)23-7-11-26(12-8-23)37-20-19-35-18-15-30-33-35/h5-12,15,18,25H,4,13-14,16-17,19-21H2,1-3H3,(H2,31,32,36). The Morgan fingerprint density at radius 2 is 1.76 bits per heavy atom. The van der Waals surface area contributed by atoms with Gasteiger partial charge in [-0.15, -0.1) is 5.10 Å². The molecule has 8 heteroatoms. The Balaban J connectivity index is 1.17. The summed E-state index contributed by atoms with van der Waals surface area (Å²) < 4.78 is 7.56. The molecule has 0 radical (unpaired) electrons. The van der Waals surface area contributed by atoms with E-state index in [1.165, 1.54) is 12.8 Å². The van der Waals surface area contributed by atoms with Gasteiger partial charge in [-0.3, -0.25) is 0 Å². The lowest BCUT2D eigenvalue weighted by Gasteiger charge is -2.53. The van der Waals surface area contributed by atoms with E-state index in [4.69, 9.17) is 4.74 Å². The lowest BCUT2D eigenvalue weighted by atomic mass is 9.71. The van der Waals surface area contributed by atoms with Crippen LogP contribution in [0.15, 0.2) is 60.9 Å². The Morgan fingerprint density at radius 1 is 1.08 bits per heavy atom. The third kappa shape index (κ3) is 5.64. The highest BCUT2D eigenvalue weighted by atomic mass is 16.5. The molecule has 37 heavy (non-hydrogen) atoms. The minimum absolute atomic E-state index is 0.0796. The van der Waals surface area contributed by atoms with Crippen LogP contribution in [0.25, 0.3) is 11.1 Å². The highest BCUT2D eigenvalue weighted by molar-refractivity contribution is 5.76. The molecule has 2 bridgehead atoms. The number of nitrogens with zero attached hydrogens (tertiary/aromatic N) is 4. The van der Waals surface area contributed by atoms with Crippen molar-refractivity contribution in [3.05, 3.63) is 66.5 Å². The van der Waals surface area contributed by atoms with Crippen LogP contribution in [0.4, 0.5) is 4.79 Å². The average molecular weight is 503 g/mol. The molecule has 0 aliphatic carbocycles. The maximum absolute atomic E-state index is 13.1. The smallest absolute Gasteiger partial charge is 0.315 e. The number of hydrogen-bond donors (Lipinski definition) is 2. The van der Waals surface area contributed by atoms with Gasteiger partial charge in [0.1, 0.15) is 12.4 Å². The van der Waals surface area contributed by atoms with Crippen molar-refractivity contribution < 1.29 is 9.53 Å². The molecule has 0 spiro atoms. The molecule has 3 fully saturated rings. The van der Waals surface area contributed by atoms with Crippen LogP contribution in [-0.2, 0) is 12.1 Å². The van der Waals surface area contributed by atoms with Gasteiger partial charge in [0.15, 0.2) is 0 Å². The number of amides is 2. The van der Waals surface area contributed by atoms with Crippen molar-refractivity contribution >= 4 is 6.03 Å². The minimum Gasteiger partial charge on any atom is -0.492 e. The maximum Gasteiger partial charge on any atom is 0.315 e. The fourth-order valence-corrected chi connectivity index (χ4v) is 5.85. The number of rotatable bonds is 9. The third-order valence-electron chi connectivity index (χ3n) is 8.15. The molecule has 2 N–H and O–H groups in total. The van der Waals surface area contributed by atoms with Crippen molar-refractivity contribution in [3.63, 3.8) is 0 Å². The van der Waals surface area contributed by atoms with Crippen LogP contribution in [0.2, 0.25) is 0 Å². The van der Waals surface area contributed by atoms with E-state index in [0.29, 0.717) is 19.1 Å². The normalized spacial score (nSPS) is 23.0. The summed E-state index contributed by atoms with van der Waals surface area (Å²) in [6.07, 6.45) is 6.79. The summed E-state index contributed by atoms with van der Waals surface area (Å²) in [7, 11) is 0. The third-order valence-corrected chi connectivity index (χ3v) is 8.15. The van der Waals surface area contributed by atoms with Crippen LogP contribution in [0.3, 0.4) is 0 Å². The Bertz CT molecular complexity index is 1170. The Labute approximate surface area is 219 Å². The second-order valence-corrected chi connectivity index (χ2v) is 10.9. The van der Waals surface area contributed by atoms with Crippen molar-refractivity contribution in [1.82, 2.24) is 30.5 Å². The van der Waals surface area contributed by atoms with Gasteiger partial charge in [-0.05, 0) is 80.9 Å². The molecule has 3 aromatic rings. The lowest BCUT2D eigenvalue weighted by molar-refractivity contribution is 0.00985. The van der Waals surface area contributed by atoms with Crippen molar-refractivity contribution in [2.24, 2.45) is 5.92 Å². The van der Waals surface area contributed by atoms with E-state index in [-0.39, 0.29) is 11.6 Å². The number of carbonyl (C=O) groups excluding carboxylic acids is 1. The van der Waals surface area contributed by atoms with E-state index >= 15 is 0 Å². The largest absolute Gasteiger partial charge is 0.492 e. The second kappa shape index (κ2) is 10.5. The number of nitrogens with one attached hydrogen (secondary N) is 2. The predicted molar refractivity (Wildman–Crippen MR) is 144 cm³/mol. The molecule has 196 valence electrons. The van der Waals surface area contributed by atoms with E-state index in [0.717, 1.165) is 48.5 Å². The first-order valence-electron chi connectivity index (χ1n) is 13.4. The number of carbonyl (C=O) groups is 1. The average Bonchev–Trinajstić information content (AvgIpc) is 3.43. The van der Waals surface area contributed by atoms with Gasteiger partial charge >= 0.3 is 6.03 Å². The number of urea groups is 1. The molecule has 4 heterocycles. The van der Waals surface area contributed by atoms with E-state index in [1.807, 2.05) is 18.3 Å².